The molecule has 5 atom stereocenters. The predicted octanol–water partition coefficient (Wildman–Crippen LogP) is 6.10. The van der Waals surface area contributed by atoms with Crippen LogP contribution < -0.4 is 0 Å². The molecule has 0 aromatic heterocycles. The van der Waals surface area contributed by atoms with Crippen LogP contribution in [0.5, 0.6) is 0 Å². The molecule has 0 aromatic rings. The second-order valence-electron chi connectivity index (χ2n) is 10.4. The van der Waals surface area contributed by atoms with Gasteiger partial charge in [-0.3, -0.25) is 0 Å². The molecular weight excluding hydrogens is 415 g/mol. The maximum absolute atomic E-state index is 7.01. The van der Waals surface area contributed by atoms with Crippen LogP contribution in [-0.2, 0) is 18.2 Å². The topological polar surface area (TPSA) is 44.5 Å². The van der Waals surface area contributed by atoms with E-state index in [1.165, 1.54) is 0 Å². The van der Waals surface area contributed by atoms with Crippen LogP contribution in [0, 0.1) is 12.5 Å². The van der Waals surface area contributed by atoms with Gasteiger partial charge in [0.15, 0.2) is 8.32 Å². The molecule has 1 aliphatic heterocycles. The van der Waals surface area contributed by atoms with E-state index in [1.54, 1.807) is 0 Å². The molecule has 0 saturated carbocycles. The first-order valence-corrected chi connectivity index (χ1v) is 15.3. The molecule has 0 aromatic carbocycles. The summed E-state index contributed by atoms with van der Waals surface area (Å²) in [6, 6.07) is 0.583. The molecule has 1 aliphatic rings. The largest absolute Gasteiger partial charge is 0.411 e. The zero-order valence-electron chi connectivity index (χ0n) is 21.1. The van der Waals surface area contributed by atoms with Crippen LogP contribution in [-0.4, -0.2) is 63.1 Å². The first-order valence-electron chi connectivity index (χ1n) is 11.2. The molecule has 1 heterocycles. The van der Waals surface area contributed by atoms with Crippen molar-refractivity contribution >= 4 is 16.8 Å². The lowest BCUT2D eigenvalue weighted by atomic mass is 10.00. The average molecular weight is 461 g/mol. The van der Waals surface area contributed by atoms with Gasteiger partial charge in [-0.2, -0.15) is 0 Å². The Labute approximate surface area is 187 Å². The molecule has 1 rings (SSSR count). The van der Waals surface area contributed by atoms with Gasteiger partial charge < -0.3 is 23.1 Å². The van der Waals surface area contributed by atoms with Crippen LogP contribution in [0.1, 0.15) is 62.3 Å². The van der Waals surface area contributed by atoms with Gasteiger partial charge in [-0.1, -0.05) is 27.7 Å². The van der Waals surface area contributed by atoms with E-state index in [0.29, 0.717) is 31.8 Å². The second-order valence-corrected chi connectivity index (χ2v) is 16.6. The minimum absolute atomic E-state index is 0.0228. The molecule has 6 nitrogen and oxygen atoms in total. The van der Waals surface area contributed by atoms with Crippen molar-refractivity contribution in [3.63, 3.8) is 0 Å². The fourth-order valence-corrected chi connectivity index (χ4v) is 6.52. The van der Waals surface area contributed by atoms with Gasteiger partial charge in [0.1, 0.15) is 6.61 Å². The minimum atomic E-state index is -1.88. The highest BCUT2D eigenvalue weighted by molar-refractivity contribution is 7.44. The van der Waals surface area contributed by atoms with E-state index in [4.69, 9.17) is 24.8 Å². The zero-order chi connectivity index (χ0) is 23.3. The number of hydrogen-bond acceptors (Lipinski definition) is 5. The van der Waals surface area contributed by atoms with E-state index in [1.807, 2.05) is 0 Å². The van der Waals surface area contributed by atoms with Crippen LogP contribution in [0.2, 0.25) is 18.1 Å². The first kappa shape index (κ1) is 28.0. The van der Waals surface area contributed by atoms with Crippen molar-refractivity contribution < 1.29 is 18.2 Å². The molecule has 1 saturated heterocycles. The molecule has 0 N–H and O–H groups in total. The summed E-state index contributed by atoms with van der Waals surface area (Å²) in [5, 5.41) is 0.168. The van der Waals surface area contributed by atoms with Crippen LogP contribution >= 0.6 is 8.53 Å². The molecule has 8 heteroatoms. The van der Waals surface area contributed by atoms with Crippen molar-refractivity contribution in [2.24, 2.45) is 5.92 Å². The Morgan fingerprint density at radius 2 is 1.67 bits per heavy atom. The van der Waals surface area contributed by atoms with Gasteiger partial charge in [-0.05, 0) is 52.8 Å². The summed E-state index contributed by atoms with van der Waals surface area (Å²) in [5.41, 5.74) is 0. The van der Waals surface area contributed by atoms with Crippen molar-refractivity contribution in [2.75, 3.05) is 19.8 Å². The third-order valence-electron chi connectivity index (χ3n) is 6.19. The van der Waals surface area contributed by atoms with Crippen molar-refractivity contribution in [3.8, 4) is 0 Å². The maximum Gasteiger partial charge on any atom is 0.259 e. The molecule has 176 valence electrons. The van der Waals surface area contributed by atoms with Gasteiger partial charge in [-0.25, -0.2) is 11.2 Å². The molecular formula is C22H45N2O4PSi. The van der Waals surface area contributed by atoms with Crippen molar-refractivity contribution in [1.82, 2.24) is 4.67 Å². The Balaban J connectivity index is 2.83. The minimum Gasteiger partial charge on any atom is -0.411 e. The Kier molecular flexibility index (Phi) is 10.9. The van der Waals surface area contributed by atoms with Crippen LogP contribution in [0.4, 0.5) is 0 Å². The van der Waals surface area contributed by atoms with Crippen LogP contribution in [0.3, 0.4) is 0 Å². The lowest BCUT2D eigenvalue weighted by Gasteiger charge is -2.40. The number of ether oxygens (including phenoxy) is 1. The van der Waals surface area contributed by atoms with Gasteiger partial charge in [0.05, 0.1) is 24.9 Å². The van der Waals surface area contributed by atoms with E-state index < -0.39 is 16.8 Å². The highest BCUT2D eigenvalue weighted by Gasteiger charge is 2.47. The number of hydrogen-bond donors (Lipinski definition) is 0. The van der Waals surface area contributed by atoms with Gasteiger partial charge in [0, 0.05) is 18.0 Å². The van der Waals surface area contributed by atoms with E-state index in [0.717, 1.165) is 0 Å². The average Bonchev–Trinajstić information content (AvgIpc) is 2.85. The molecule has 0 spiro atoms. The third kappa shape index (κ3) is 7.51. The van der Waals surface area contributed by atoms with Crippen LogP contribution in [0.15, 0.2) is 0 Å². The molecule has 0 radical (unpaired) electrons. The standard InChI is InChI=1S/C22H45N2O4PSi/c1-16(2)24(17(3)4)29(25-14-13-23-10)26-15-20-18(5)21(19(6)27-20)28-30(11,12)22(7,8)9/h16-21H,13-15H2,1-9,11-12H3/t18-,19-,20+,21?,29?/m0/s1. The predicted molar refractivity (Wildman–Crippen MR) is 128 cm³/mol. The summed E-state index contributed by atoms with van der Waals surface area (Å²) < 4.78 is 27.6. The Morgan fingerprint density at radius 3 is 2.13 bits per heavy atom. The maximum atomic E-state index is 7.01. The molecule has 0 bridgehead atoms. The summed E-state index contributed by atoms with van der Waals surface area (Å²) >= 11 is 0. The summed E-state index contributed by atoms with van der Waals surface area (Å²) in [4.78, 5) is 3.40. The van der Waals surface area contributed by atoms with E-state index in [2.05, 4.69) is 84.9 Å². The second kappa shape index (κ2) is 11.7. The Bertz CT molecular complexity index is 554. The van der Waals surface area contributed by atoms with Crippen molar-refractivity contribution in [1.29, 1.82) is 0 Å². The highest BCUT2D eigenvalue weighted by atomic mass is 31.2. The van der Waals surface area contributed by atoms with Gasteiger partial charge in [0.2, 0.25) is 6.54 Å². The van der Waals surface area contributed by atoms with Gasteiger partial charge in [-0.15, -0.1) is 0 Å². The Hall–Kier alpha value is -0.0631. The molecule has 30 heavy (non-hydrogen) atoms. The molecule has 0 aliphatic carbocycles. The van der Waals surface area contributed by atoms with E-state index in [-0.39, 0.29) is 29.3 Å². The smallest absolute Gasteiger partial charge is 0.259 e. The summed E-state index contributed by atoms with van der Waals surface area (Å²) in [6.07, 6.45) is 0.105. The van der Waals surface area contributed by atoms with E-state index in [9.17, 15) is 0 Å². The Morgan fingerprint density at radius 1 is 1.10 bits per heavy atom. The summed E-state index contributed by atoms with van der Waals surface area (Å²) in [5.74, 6) is 0.251. The van der Waals surface area contributed by atoms with Crippen molar-refractivity contribution in [2.45, 2.75) is 111 Å². The highest BCUT2D eigenvalue weighted by Crippen LogP contribution is 2.47. The normalized spacial score (nSPS) is 26.6. The van der Waals surface area contributed by atoms with Crippen molar-refractivity contribution in [3.05, 3.63) is 11.4 Å². The third-order valence-corrected chi connectivity index (χ3v) is 12.7. The number of rotatable bonds is 11. The first-order chi connectivity index (χ1) is 13.7. The fraction of sp³-hybridized carbons (Fsp3) is 0.955. The zero-order valence-corrected chi connectivity index (χ0v) is 23.0. The number of nitrogens with zero attached hydrogens (tertiary/aromatic N) is 2. The van der Waals surface area contributed by atoms with Crippen LogP contribution in [0.25, 0.3) is 4.85 Å². The molecule has 2 unspecified atom stereocenters. The SMILES string of the molecule is [C-]#[N+]CCOP(OC[C@H]1O[C@@H](C)C(O[Si](C)(C)C(C)(C)C)[C@H]1C)N(C(C)C)C(C)C. The molecule has 0 amide bonds. The lowest BCUT2D eigenvalue weighted by Crippen LogP contribution is -2.47. The van der Waals surface area contributed by atoms with E-state index >= 15 is 0 Å². The molecule has 1 fully saturated rings. The lowest BCUT2D eigenvalue weighted by molar-refractivity contribution is 0.00143. The summed E-state index contributed by atoms with van der Waals surface area (Å²) in [6.45, 7) is 32.5. The fourth-order valence-electron chi connectivity index (χ4n) is 3.47. The quantitative estimate of drug-likeness (QED) is 0.161. The monoisotopic (exact) mass is 460 g/mol. The van der Waals surface area contributed by atoms with Gasteiger partial charge >= 0.3 is 0 Å². The van der Waals surface area contributed by atoms with Gasteiger partial charge in [0.25, 0.3) is 8.53 Å². The summed E-state index contributed by atoms with van der Waals surface area (Å²) in [7, 11) is -3.12.